The molecular formula is C16H23NO. The number of aryl methyl sites for hydroxylation is 1. The number of hydrogen-bond acceptors (Lipinski definition) is 2. The van der Waals surface area contributed by atoms with Gasteiger partial charge in [-0.15, -0.1) is 0 Å². The summed E-state index contributed by atoms with van der Waals surface area (Å²) in [4.78, 5) is 4.50. The fourth-order valence-electron chi connectivity index (χ4n) is 2.78. The molecule has 18 heavy (non-hydrogen) atoms. The summed E-state index contributed by atoms with van der Waals surface area (Å²) in [7, 11) is 0. The SMILES string of the molecule is C=C(OCC)c1cccnc1CCC1CCCC1. The molecule has 0 saturated heterocycles. The highest BCUT2D eigenvalue weighted by molar-refractivity contribution is 5.59. The van der Waals surface area contributed by atoms with Gasteiger partial charge in [0.2, 0.25) is 0 Å². The third kappa shape index (κ3) is 3.34. The second-order valence-corrected chi connectivity index (χ2v) is 5.04. The molecule has 1 aromatic heterocycles. The van der Waals surface area contributed by atoms with Gasteiger partial charge in [0.25, 0.3) is 0 Å². The highest BCUT2D eigenvalue weighted by Gasteiger charge is 2.16. The van der Waals surface area contributed by atoms with Crippen LogP contribution in [0.4, 0.5) is 0 Å². The van der Waals surface area contributed by atoms with E-state index >= 15 is 0 Å². The Morgan fingerprint density at radius 1 is 1.44 bits per heavy atom. The van der Waals surface area contributed by atoms with E-state index in [0.717, 1.165) is 29.4 Å². The van der Waals surface area contributed by atoms with Gasteiger partial charge in [-0.2, -0.15) is 0 Å². The quantitative estimate of drug-likeness (QED) is 0.700. The third-order valence-corrected chi connectivity index (χ3v) is 3.77. The molecule has 2 heteroatoms. The largest absolute Gasteiger partial charge is 0.494 e. The van der Waals surface area contributed by atoms with Crippen molar-refractivity contribution in [3.05, 3.63) is 36.2 Å². The maximum Gasteiger partial charge on any atom is 0.121 e. The average molecular weight is 245 g/mol. The highest BCUT2D eigenvalue weighted by atomic mass is 16.5. The highest BCUT2D eigenvalue weighted by Crippen LogP contribution is 2.29. The Labute approximate surface area is 110 Å². The molecule has 0 aliphatic heterocycles. The van der Waals surface area contributed by atoms with E-state index < -0.39 is 0 Å². The van der Waals surface area contributed by atoms with Gasteiger partial charge in [0.05, 0.1) is 12.3 Å². The Morgan fingerprint density at radius 3 is 2.94 bits per heavy atom. The molecule has 98 valence electrons. The monoisotopic (exact) mass is 245 g/mol. The first-order valence-corrected chi connectivity index (χ1v) is 7.07. The van der Waals surface area contributed by atoms with Gasteiger partial charge in [-0.25, -0.2) is 0 Å². The lowest BCUT2D eigenvalue weighted by atomic mass is 9.98. The molecule has 2 nitrogen and oxygen atoms in total. The van der Waals surface area contributed by atoms with Crippen LogP contribution in [0.15, 0.2) is 24.9 Å². The second-order valence-electron chi connectivity index (χ2n) is 5.04. The number of hydrogen-bond donors (Lipinski definition) is 0. The van der Waals surface area contributed by atoms with Gasteiger partial charge < -0.3 is 4.74 Å². The Balaban J connectivity index is 2.00. The maximum absolute atomic E-state index is 5.51. The van der Waals surface area contributed by atoms with Crippen LogP contribution in [0.3, 0.4) is 0 Å². The van der Waals surface area contributed by atoms with Crippen molar-refractivity contribution in [1.29, 1.82) is 0 Å². The summed E-state index contributed by atoms with van der Waals surface area (Å²) in [6.45, 7) is 6.64. The molecule has 0 N–H and O–H groups in total. The lowest BCUT2D eigenvalue weighted by molar-refractivity contribution is 0.298. The normalized spacial score (nSPS) is 15.8. The van der Waals surface area contributed by atoms with Crippen molar-refractivity contribution < 1.29 is 4.74 Å². The van der Waals surface area contributed by atoms with E-state index in [9.17, 15) is 0 Å². The van der Waals surface area contributed by atoms with Crippen LogP contribution in [0.1, 0.15) is 50.3 Å². The van der Waals surface area contributed by atoms with E-state index in [2.05, 4.69) is 17.6 Å². The van der Waals surface area contributed by atoms with Crippen molar-refractivity contribution in [3.8, 4) is 0 Å². The molecule has 0 spiro atoms. The Hall–Kier alpha value is -1.31. The van der Waals surface area contributed by atoms with Crippen LogP contribution in [-0.2, 0) is 11.2 Å². The van der Waals surface area contributed by atoms with E-state index in [1.54, 1.807) is 0 Å². The molecule has 0 amide bonds. The molecule has 0 aromatic carbocycles. The zero-order chi connectivity index (χ0) is 12.8. The molecule has 1 aliphatic rings. The Morgan fingerprint density at radius 2 is 2.22 bits per heavy atom. The molecule has 0 radical (unpaired) electrons. The zero-order valence-corrected chi connectivity index (χ0v) is 11.3. The van der Waals surface area contributed by atoms with E-state index in [0.29, 0.717) is 6.61 Å². The molecule has 0 atom stereocenters. The van der Waals surface area contributed by atoms with Crippen molar-refractivity contribution in [3.63, 3.8) is 0 Å². The molecule has 1 saturated carbocycles. The van der Waals surface area contributed by atoms with Crippen molar-refractivity contribution in [2.75, 3.05) is 6.61 Å². The number of rotatable bonds is 6. The van der Waals surface area contributed by atoms with Gasteiger partial charge in [0, 0.05) is 11.8 Å². The summed E-state index contributed by atoms with van der Waals surface area (Å²) in [5.74, 6) is 1.66. The molecule has 1 fully saturated rings. The van der Waals surface area contributed by atoms with Crippen LogP contribution in [0.5, 0.6) is 0 Å². The van der Waals surface area contributed by atoms with Crippen molar-refractivity contribution in [2.24, 2.45) is 5.92 Å². The summed E-state index contributed by atoms with van der Waals surface area (Å²) >= 11 is 0. The fourth-order valence-corrected chi connectivity index (χ4v) is 2.78. The lowest BCUT2D eigenvalue weighted by Crippen LogP contribution is -2.02. The third-order valence-electron chi connectivity index (χ3n) is 3.77. The first-order valence-electron chi connectivity index (χ1n) is 7.07. The number of pyridine rings is 1. The van der Waals surface area contributed by atoms with Gasteiger partial charge in [-0.3, -0.25) is 4.98 Å². The van der Waals surface area contributed by atoms with E-state index in [4.69, 9.17) is 4.74 Å². The fraction of sp³-hybridized carbons (Fsp3) is 0.562. The van der Waals surface area contributed by atoms with Crippen LogP contribution < -0.4 is 0 Å². The van der Waals surface area contributed by atoms with E-state index in [1.165, 1.54) is 32.1 Å². The Bertz CT molecular complexity index is 394. The minimum atomic E-state index is 0.662. The number of nitrogens with zero attached hydrogens (tertiary/aromatic N) is 1. The standard InChI is InChI=1S/C16H23NO/c1-3-18-13(2)15-9-6-12-17-16(15)11-10-14-7-4-5-8-14/h6,9,12,14H,2-5,7-8,10-11H2,1H3. The summed E-state index contributed by atoms with van der Waals surface area (Å²) in [5, 5.41) is 0. The second kappa shape index (κ2) is 6.58. The summed E-state index contributed by atoms with van der Waals surface area (Å²) in [5.41, 5.74) is 2.22. The molecule has 2 rings (SSSR count). The van der Waals surface area contributed by atoms with Crippen molar-refractivity contribution in [2.45, 2.75) is 45.4 Å². The van der Waals surface area contributed by atoms with Crippen LogP contribution in [0, 0.1) is 5.92 Å². The lowest BCUT2D eigenvalue weighted by Gasteiger charge is -2.13. The summed E-state index contributed by atoms with van der Waals surface area (Å²) in [6, 6.07) is 4.02. The Kier molecular flexibility index (Phi) is 4.80. The van der Waals surface area contributed by atoms with E-state index in [-0.39, 0.29) is 0 Å². The first-order chi connectivity index (χ1) is 8.81. The van der Waals surface area contributed by atoms with Crippen molar-refractivity contribution in [1.82, 2.24) is 4.98 Å². The molecule has 0 bridgehead atoms. The van der Waals surface area contributed by atoms with Crippen LogP contribution in [-0.4, -0.2) is 11.6 Å². The molecule has 1 aliphatic carbocycles. The molecule has 1 aromatic rings. The minimum Gasteiger partial charge on any atom is -0.494 e. The molecule has 0 unspecified atom stereocenters. The van der Waals surface area contributed by atoms with Crippen LogP contribution in [0.25, 0.3) is 5.76 Å². The smallest absolute Gasteiger partial charge is 0.121 e. The number of ether oxygens (including phenoxy) is 1. The van der Waals surface area contributed by atoms with Gasteiger partial charge in [0.15, 0.2) is 0 Å². The first kappa shape index (κ1) is 13.1. The van der Waals surface area contributed by atoms with Crippen LogP contribution in [0.2, 0.25) is 0 Å². The van der Waals surface area contributed by atoms with Gasteiger partial charge in [0.1, 0.15) is 5.76 Å². The average Bonchev–Trinajstić information content (AvgIpc) is 2.90. The van der Waals surface area contributed by atoms with Gasteiger partial charge >= 0.3 is 0 Å². The predicted molar refractivity (Wildman–Crippen MR) is 75.2 cm³/mol. The van der Waals surface area contributed by atoms with Gasteiger partial charge in [-0.05, 0) is 37.8 Å². The van der Waals surface area contributed by atoms with Crippen LogP contribution >= 0.6 is 0 Å². The minimum absolute atomic E-state index is 0.662. The zero-order valence-electron chi connectivity index (χ0n) is 11.3. The van der Waals surface area contributed by atoms with Gasteiger partial charge in [-0.1, -0.05) is 32.3 Å². The van der Waals surface area contributed by atoms with Crippen molar-refractivity contribution >= 4 is 5.76 Å². The van der Waals surface area contributed by atoms with E-state index in [1.807, 2.05) is 19.2 Å². The topological polar surface area (TPSA) is 22.1 Å². The molecular weight excluding hydrogens is 222 g/mol. The predicted octanol–water partition coefficient (Wildman–Crippen LogP) is 4.21. The number of aromatic nitrogens is 1. The molecule has 1 heterocycles. The summed E-state index contributed by atoms with van der Waals surface area (Å²) < 4.78 is 5.51. The summed E-state index contributed by atoms with van der Waals surface area (Å²) in [6.07, 6.45) is 9.78. The maximum atomic E-state index is 5.51.